The highest BCUT2D eigenvalue weighted by Gasteiger charge is 2.07. The Labute approximate surface area is 108 Å². The van der Waals surface area contributed by atoms with Crippen LogP contribution < -0.4 is 5.73 Å². The Balaban J connectivity index is 1.94. The number of esters is 1. The molecule has 1 amide bonds. The number of hydrogen-bond acceptors (Lipinski definition) is 4. The van der Waals surface area contributed by atoms with Crippen LogP contribution in [0.3, 0.4) is 0 Å². The predicted octanol–water partition coefficient (Wildman–Crippen LogP) is 2.20. The van der Waals surface area contributed by atoms with Crippen molar-refractivity contribution in [2.45, 2.75) is 6.61 Å². The molecule has 92 valence electrons. The van der Waals surface area contributed by atoms with Crippen molar-refractivity contribution in [3.63, 3.8) is 0 Å². The highest BCUT2D eigenvalue weighted by molar-refractivity contribution is 7.08. The van der Waals surface area contributed by atoms with Gasteiger partial charge in [-0.15, -0.1) is 0 Å². The van der Waals surface area contributed by atoms with Crippen molar-refractivity contribution in [3.8, 4) is 0 Å². The Morgan fingerprint density at radius 1 is 1.11 bits per heavy atom. The van der Waals surface area contributed by atoms with Gasteiger partial charge in [-0.05, 0) is 29.1 Å². The van der Waals surface area contributed by atoms with E-state index in [0.717, 1.165) is 5.56 Å². The first-order valence-corrected chi connectivity index (χ1v) is 6.19. The number of ether oxygens (including phenoxy) is 1. The van der Waals surface area contributed by atoms with Crippen LogP contribution in [-0.4, -0.2) is 11.9 Å². The third-order valence-corrected chi connectivity index (χ3v) is 3.05. The number of carbonyl (C=O) groups excluding carboxylic acids is 2. The molecule has 0 saturated carbocycles. The lowest BCUT2D eigenvalue weighted by atomic mass is 10.1. The van der Waals surface area contributed by atoms with Gasteiger partial charge in [0.1, 0.15) is 6.61 Å². The molecule has 0 saturated heterocycles. The van der Waals surface area contributed by atoms with E-state index in [9.17, 15) is 9.59 Å². The fraction of sp³-hybridized carbons (Fsp3) is 0.0769. The van der Waals surface area contributed by atoms with Crippen LogP contribution in [0.15, 0.2) is 41.1 Å². The summed E-state index contributed by atoms with van der Waals surface area (Å²) in [4.78, 5) is 22.4. The summed E-state index contributed by atoms with van der Waals surface area (Å²) >= 11 is 1.44. The number of hydrogen-bond donors (Lipinski definition) is 1. The van der Waals surface area contributed by atoms with E-state index in [1.165, 1.54) is 11.3 Å². The fourth-order valence-electron chi connectivity index (χ4n) is 1.38. The van der Waals surface area contributed by atoms with Gasteiger partial charge < -0.3 is 10.5 Å². The molecule has 4 nitrogen and oxygen atoms in total. The number of rotatable bonds is 4. The molecule has 18 heavy (non-hydrogen) atoms. The van der Waals surface area contributed by atoms with Gasteiger partial charge in [-0.2, -0.15) is 11.3 Å². The second-order valence-corrected chi connectivity index (χ2v) is 4.43. The number of carbonyl (C=O) groups is 2. The summed E-state index contributed by atoms with van der Waals surface area (Å²) in [6.45, 7) is 0.174. The second kappa shape index (κ2) is 5.46. The molecule has 0 aliphatic rings. The molecule has 0 spiro atoms. The van der Waals surface area contributed by atoms with E-state index < -0.39 is 5.91 Å². The maximum absolute atomic E-state index is 11.6. The number of thiophene rings is 1. The van der Waals surface area contributed by atoms with Crippen LogP contribution in [0.2, 0.25) is 0 Å². The molecular formula is C13H11NO3S. The third kappa shape index (κ3) is 2.95. The molecule has 2 rings (SSSR count). The monoisotopic (exact) mass is 261 g/mol. The van der Waals surface area contributed by atoms with Gasteiger partial charge in [0.05, 0.1) is 5.56 Å². The SMILES string of the molecule is NC(=O)c1ccc(COC(=O)c2ccsc2)cc1. The van der Waals surface area contributed by atoms with Gasteiger partial charge in [-0.1, -0.05) is 12.1 Å². The molecule has 0 fully saturated rings. The predicted molar refractivity (Wildman–Crippen MR) is 68.4 cm³/mol. The van der Waals surface area contributed by atoms with Crippen LogP contribution in [-0.2, 0) is 11.3 Å². The number of amides is 1. The van der Waals surface area contributed by atoms with E-state index >= 15 is 0 Å². The van der Waals surface area contributed by atoms with Gasteiger partial charge in [0.2, 0.25) is 5.91 Å². The largest absolute Gasteiger partial charge is 0.457 e. The zero-order chi connectivity index (χ0) is 13.0. The minimum Gasteiger partial charge on any atom is -0.457 e. The van der Waals surface area contributed by atoms with Crippen molar-refractivity contribution in [1.82, 2.24) is 0 Å². The Kier molecular flexibility index (Phi) is 3.74. The fourth-order valence-corrected chi connectivity index (χ4v) is 2.00. The molecule has 0 aliphatic carbocycles. The maximum atomic E-state index is 11.6. The molecule has 1 heterocycles. The van der Waals surface area contributed by atoms with Crippen molar-refractivity contribution < 1.29 is 14.3 Å². The zero-order valence-electron chi connectivity index (χ0n) is 9.46. The van der Waals surface area contributed by atoms with Crippen molar-refractivity contribution in [2.75, 3.05) is 0 Å². The first-order valence-electron chi connectivity index (χ1n) is 5.25. The van der Waals surface area contributed by atoms with E-state index in [-0.39, 0.29) is 12.6 Å². The van der Waals surface area contributed by atoms with E-state index in [4.69, 9.17) is 10.5 Å². The minimum absolute atomic E-state index is 0.174. The lowest BCUT2D eigenvalue weighted by molar-refractivity contribution is 0.0473. The number of nitrogens with two attached hydrogens (primary N) is 1. The van der Waals surface area contributed by atoms with E-state index in [1.54, 1.807) is 35.7 Å². The third-order valence-electron chi connectivity index (χ3n) is 2.37. The van der Waals surface area contributed by atoms with Crippen LogP contribution in [0, 0.1) is 0 Å². The Hall–Kier alpha value is -2.14. The average molecular weight is 261 g/mol. The Morgan fingerprint density at radius 2 is 1.83 bits per heavy atom. The molecule has 0 aliphatic heterocycles. The summed E-state index contributed by atoms with van der Waals surface area (Å²) in [5, 5.41) is 3.55. The maximum Gasteiger partial charge on any atom is 0.339 e. The molecule has 0 radical (unpaired) electrons. The molecule has 1 aromatic heterocycles. The van der Waals surface area contributed by atoms with E-state index in [1.807, 2.05) is 5.38 Å². The van der Waals surface area contributed by atoms with Crippen molar-refractivity contribution in [3.05, 3.63) is 57.8 Å². The van der Waals surface area contributed by atoms with Crippen LogP contribution in [0.25, 0.3) is 0 Å². The van der Waals surface area contributed by atoms with Crippen LogP contribution in [0.4, 0.5) is 0 Å². The van der Waals surface area contributed by atoms with Crippen molar-refractivity contribution >= 4 is 23.2 Å². The molecule has 2 aromatic rings. The van der Waals surface area contributed by atoms with Gasteiger partial charge in [0.15, 0.2) is 0 Å². The van der Waals surface area contributed by atoms with E-state index in [2.05, 4.69) is 0 Å². The quantitative estimate of drug-likeness (QED) is 0.858. The van der Waals surface area contributed by atoms with Crippen LogP contribution in [0.1, 0.15) is 26.3 Å². The highest BCUT2D eigenvalue weighted by Crippen LogP contribution is 2.10. The topological polar surface area (TPSA) is 69.4 Å². The molecule has 0 atom stereocenters. The first kappa shape index (κ1) is 12.3. The minimum atomic E-state index is -0.475. The average Bonchev–Trinajstić information content (AvgIpc) is 2.90. The molecular weight excluding hydrogens is 250 g/mol. The molecule has 0 unspecified atom stereocenters. The van der Waals surface area contributed by atoms with Crippen molar-refractivity contribution in [1.29, 1.82) is 0 Å². The number of benzene rings is 1. The smallest absolute Gasteiger partial charge is 0.339 e. The van der Waals surface area contributed by atoms with Gasteiger partial charge in [-0.25, -0.2) is 4.79 Å². The summed E-state index contributed by atoms with van der Waals surface area (Å²) < 4.78 is 5.12. The summed E-state index contributed by atoms with van der Waals surface area (Å²) in [5.74, 6) is -0.827. The summed E-state index contributed by atoms with van der Waals surface area (Å²) in [7, 11) is 0. The van der Waals surface area contributed by atoms with E-state index in [0.29, 0.717) is 11.1 Å². The van der Waals surface area contributed by atoms with Crippen LogP contribution >= 0.6 is 11.3 Å². The second-order valence-electron chi connectivity index (χ2n) is 3.65. The highest BCUT2D eigenvalue weighted by atomic mass is 32.1. The molecule has 0 bridgehead atoms. The van der Waals surface area contributed by atoms with Crippen LogP contribution in [0.5, 0.6) is 0 Å². The Morgan fingerprint density at radius 3 is 2.39 bits per heavy atom. The standard InChI is InChI=1S/C13H11NO3S/c14-12(15)10-3-1-9(2-4-10)7-17-13(16)11-5-6-18-8-11/h1-6,8H,7H2,(H2,14,15). The van der Waals surface area contributed by atoms with Gasteiger partial charge in [0, 0.05) is 10.9 Å². The normalized spacial score (nSPS) is 10.0. The Bertz CT molecular complexity index is 546. The summed E-state index contributed by atoms with van der Waals surface area (Å²) in [6, 6.07) is 8.34. The molecule has 1 aromatic carbocycles. The molecule has 5 heteroatoms. The molecule has 2 N–H and O–H groups in total. The van der Waals surface area contributed by atoms with Gasteiger partial charge in [0.25, 0.3) is 0 Å². The van der Waals surface area contributed by atoms with Gasteiger partial charge >= 0.3 is 5.97 Å². The summed E-state index contributed by atoms with van der Waals surface area (Å²) in [6.07, 6.45) is 0. The van der Waals surface area contributed by atoms with Crippen molar-refractivity contribution in [2.24, 2.45) is 5.73 Å². The summed E-state index contributed by atoms with van der Waals surface area (Å²) in [5.41, 5.74) is 6.92. The number of primary amides is 1. The lowest BCUT2D eigenvalue weighted by Crippen LogP contribution is -2.10. The lowest BCUT2D eigenvalue weighted by Gasteiger charge is -2.04. The van der Waals surface area contributed by atoms with Gasteiger partial charge in [-0.3, -0.25) is 4.79 Å². The first-order chi connectivity index (χ1) is 8.66. The zero-order valence-corrected chi connectivity index (χ0v) is 10.3.